The third-order valence-electron chi connectivity index (χ3n) is 2.80. The SMILES string of the molecule is CCC(C)(C)C(=O)CC(=O)C(C)(C)C. The Morgan fingerprint density at radius 1 is 0.929 bits per heavy atom. The summed E-state index contributed by atoms with van der Waals surface area (Å²) in [5.41, 5.74) is -0.764. The first-order valence-electron chi connectivity index (χ1n) is 5.18. The van der Waals surface area contributed by atoms with Crippen molar-refractivity contribution in [2.24, 2.45) is 10.8 Å². The van der Waals surface area contributed by atoms with Crippen LogP contribution in [0, 0.1) is 10.8 Å². The van der Waals surface area contributed by atoms with E-state index in [4.69, 9.17) is 0 Å². The predicted molar refractivity (Wildman–Crippen MR) is 58.2 cm³/mol. The fraction of sp³-hybridized carbons (Fsp3) is 0.833. The van der Waals surface area contributed by atoms with Gasteiger partial charge in [0.05, 0.1) is 6.42 Å². The van der Waals surface area contributed by atoms with Crippen LogP contribution in [0.5, 0.6) is 0 Å². The highest BCUT2D eigenvalue weighted by Crippen LogP contribution is 2.25. The fourth-order valence-electron chi connectivity index (χ4n) is 0.847. The molecule has 0 unspecified atom stereocenters. The smallest absolute Gasteiger partial charge is 0.145 e. The van der Waals surface area contributed by atoms with Crippen LogP contribution in [-0.4, -0.2) is 11.6 Å². The van der Waals surface area contributed by atoms with E-state index in [2.05, 4.69) is 0 Å². The molecule has 0 aliphatic heterocycles. The van der Waals surface area contributed by atoms with Gasteiger partial charge in [0.1, 0.15) is 11.6 Å². The lowest BCUT2D eigenvalue weighted by atomic mass is 9.79. The van der Waals surface area contributed by atoms with Crippen molar-refractivity contribution in [3.8, 4) is 0 Å². The highest BCUT2D eigenvalue weighted by atomic mass is 16.1. The van der Waals surface area contributed by atoms with Crippen molar-refractivity contribution in [3.63, 3.8) is 0 Å². The van der Waals surface area contributed by atoms with E-state index in [-0.39, 0.29) is 23.4 Å². The summed E-state index contributed by atoms with van der Waals surface area (Å²) < 4.78 is 0. The second-order valence-corrected chi connectivity index (χ2v) is 5.51. The maximum Gasteiger partial charge on any atom is 0.145 e. The molecule has 0 aliphatic carbocycles. The molecular formula is C12H22O2. The summed E-state index contributed by atoms with van der Waals surface area (Å²) in [5.74, 6) is 0.0870. The maximum absolute atomic E-state index is 11.7. The van der Waals surface area contributed by atoms with Gasteiger partial charge in [-0.15, -0.1) is 0 Å². The van der Waals surface area contributed by atoms with Crippen LogP contribution >= 0.6 is 0 Å². The molecule has 0 radical (unpaired) electrons. The molecule has 0 aliphatic rings. The molecule has 0 rings (SSSR count). The molecule has 0 atom stereocenters. The third-order valence-corrected chi connectivity index (χ3v) is 2.80. The van der Waals surface area contributed by atoms with E-state index in [9.17, 15) is 9.59 Å². The van der Waals surface area contributed by atoms with Crippen LogP contribution in [0.2, 0.25) is 0 Å². The zero-order valence-corrected chi connectivity index (χ0v) is 10.2. The van der Waals surface area contributed by atoms with Crippen LogP contribution in [0.1, 0.15) is 54.4 Å². The van der Waals surface area contributed by atoms with Gasteiger partial charge >= 0.3 is 0 Å². The number of Topliss-reactive ketones (excluding diaryl/α,β-unsaturated/α-hetero) is 2. The molecule has 0 saturated heterocycles. The molecule has 0 heterocycles. The molecule has 0 aromatic rings. The van der Waals surface area contributed by atoms with Gasteiger partial charge in [-0.25, -0.2) is 0 Å². The van der Waals surface area contributed by atoms with E-state index >= 15 is 0 Å². The Morgan fingerprint density at radius 3 is 1.64 bits per heavy atom. The molecule has 0 aromatic heterocycles. The minimum absolute atomic E-state index is 0.0315. The minimum Gasteiger partial charge on any atom is -0.299 e. The van der Waals surface area contributed by atoms with Crippen molar-refractivity contribution >= 4 is 11.6 Å². The van der Waals surface area contributed by atoms with Crippen LogP contribution in [0.25, 0.3) is 0 Å². The lowest BCUT2D eigenvalue weighted by Gasteiger charge is -2.23. The molecule has 2 nitrogen and oxygen atoms in total. The molecule has 0 amide bonds. The monoisotopic (exact) mass is 198 g/mol. The number of rotatable bonds is 4. The summed E-state index contributed by atoms with van der Waals surface area (Å²) >= 11 is 0. The van der Waals surface area contributed by atoms with Gasteiger partial charge in [-0.3, -0.25) is 9.59 Å². The quantitative estimate of drug-likeness (QED) is 0.651. The van der Waals surface area contributed by atoms with Gasteiger partial charge in [-0.1, -0.05) is 41.5 Å². The first-order chi connectivity index (χ1) is 6.11. The molecule has 0 N–H and O–H groups in total. The molecule has 2 heteroatoms. The Kier molecular flexibility index (Phi) is 4.04. The van der Waals surface area contributed by atoms with E-state index in [0.717, 1.165) is 6.42 Å². The highest BCUT2D eigenvalue weighted by Gasteiger charge is 2.30. The Bertz CT molecular complexity index is 231. The molecule has 0 bridgehead atoms. The van der Waals surface area contributed by atoms with Crippen molar-refractivity contribution in [1.29, 1.82) is 0 Å². The lowest BCUT2D eigenvalue weighted by Crippen LogP contribution is -2.30. The Hall–Kier alpha value is -0.660. The average Bonchev–Trinajstić information content (AvgIpc) is 2.02. The van der Waals surface area contributed by atoms with Gasteiger partial charge in [0.25, 0.3) is 0 Å². The van der Waals surface area contributed by atoms with Crippen molar-refractivity contribution in [2.75, 3.05) is 0 Å². The van der Waals surface area contributed by atoms with Gasteiger partial charge < -0.3 is 0 Å². The summed E-state index contributed by atoms with van der Waals surface area (Å²) in [5, 5.41) is 0. The molecule has 0 saturated carbocycles. The first-order valence-corrected chi connectivity index (χ1v) is 5.18. The normalized spacial score (nSPS) is 12.7. The number of hydrogen-bond donors (Lipinski definition) is 0. The van der Waals surface area contributed by atoms with Crippen LogP contribution in [0.15, 0.2) is 0 Å². The van der Waals surface area contributed by atoms with Crippen LogP contribution in [0.3, 0.4) is 0 Å². The minimum atomic E-state index is -0.403. The first kappa shape index (κ1) is 13.3. The van der Waals surface area contributed by atoms with Gasteiger partial charge in [0.15, 0.2) is 0 Å². The molecule has 82 valence electrons. The summed E-state index contributed by atoms with van der Waals surface area (Å²) in [4.78, 5) is 23.3. The van der Waals surface area contributed by atoms with Gasteiger partial charge in [0.2, 0.25) is 0 Å². The summed E-state index contributed by atoms with van der Waals surface area (Å²) in [7, 11) is 0. The second-order valence-electron chi connectivity index (χ2n) is 5.51. The zero-order chi connectivity index (χ0) is 11.6. The van der Waals surface area contributed by atoms with E-state index in [1.54, 1.807) is 0 Å². The molecule has 0 aromatic carbocycles. The summed E-state index contributed by atoms with van der Waals surface area (Å²) in [6.07, 6.45) is 0.855. The van der Waals surface area contributed by atoms with Crippen molar-refractivity contribution in [1.82, 2.24) is 0 Å². The Balaban J connectivity index is 4.43. The summed E-state index contributed by atoms with van der Waals surface area (Å²) in [6.45, 7) is 11.3. The van der Waals surface area contributed by atoms with Gasteiger partial charge in [-0.05, 0) is 6.42 Å². The average molecular weight is 198 g/mol. The second kappa shape index (κ2) is 4.24. The molecule has 0 fully saturated rings. The summed E-state index contributed by atoms with van der Waals surface area (Å²) in [6, 6.07) is 0. The number of hydrogen-bond acceptors (Lipinski definition) is 2. The maximum atomic E-state index is 11.7. The number of carbonyl (C=O) groups excluding carboxylic acids is 2. The predicted octanol–water partition coefficient (Wildman–Crippen LogP) is 3.00. The molecule has 14 heavy (non-hydrogen) atoms. The van der Waals surface area contributed by atoms with Crippen molar-refractivity contribution in [2.45, 2.75) is 54.4 Å². The molecule has 0 spiro atoms. The standard InChI is InChI=1S/C12H22O2/c1-7-12(5,6)10(14)8-9(13)11(2,3)4/h7-8H2,1-6H3. The van der Waals surface area contributed by atoms with E-state index < -0.39 is 5.41 Å². The number of carbonyl (C=O) groups is 2. The van der Waals surface area contributed by atoms with Gasteiger partial charge in [-0.2, -0.15) is 0 Å². The van der Waals surface area contributed by atoms with Crippen LogP contribution in [-0.2, 0) is 9.59 Å². The largest absolute Gasteiger partial charge is 0.299 e. The highest BCUT2D eigenvalue weighted by molar-refractivity contribution is 6.03. The zero-order valence-electron chi connectivity index (χ0n) is 10.2. The Labute approximate surface area is 87.1 Å². The molecular weight excluding hydrogens is 176 g/mol. The van der Waals surface area contributed by atoms with Crippen LogP contribution in [0.4, 0.5) is 0 Å². The third kappa shape index (κ3) is 3.60. The number of ketones is 2. The topological polar surface area (TPSA) is 34.1 Å². The van der Waals surface area contributed by atoms with E-state index in [1.807, 2.05) is 41.5 Å². The van der Waals surface area contributed by atoms with Crippen molar-refractivity contribution in [3.05, 3.63) is 0 Å². The van der Waals surface area contributed by atoms with Crippen molar-refractivity contribution < 1.29 is 9.59 Å². The van der Waals surface area contributed by atoms with E-state index in [1.165, 1.54) is 0 Å². The fourth-order valence-corrected chi connectivity index (χ4v) is 0.847. The van der Waals surface area contributed by atoms with Crippen LogP contribution < -0.4 is 0 Å². The lowest BCUT2D eigenvalue weighted by molar-refractivity contribution is -0.135. The van der Waals surface area contributed by atoms with E-state index in [0.29, 0.717) is 0 Å². The Morgan fingerprint density at radius 2 is 1.36 bits per heavy atom. The van der Waals surface area contributed by atoms with Gasteiger partial charge in [0, 0.05) is 10.8 Å².